The molecule has 1 unspecified atom stereocenters. The Kier molecular flexibility index (Phi) is 7.49. The summed E-state index contributed by atoms with van der Waals surface area (Å²) in [6.45, 7) is 3.46. The fraction of sp³-hybridized carbons (Fsp3) is 0.389. The molecule has 0 spiro atoms. The van der Waals surface area contributed by atoms with E-state index in [1.807, 2.05) is 35.8 Å². The van der Waals surface area contributed by atoms with Crippen molar-refractivity contribution in [2.24, 2.45) is 0 Å². The molecule has 0 saturated carbocycles. The summed E-state index contributed by atoms with van der Waals surface area (Å²) in [5.74, 6) is 0.223. The molecule has 9 nitrogen and oxygen atoms in total. The van der Waals surface area contributed by atoms with E-state index in [-0.39, 0.29) is 11.8 Å². The summed E-state index contributed by atoms with van der Waals surface area (Å²) < 4.78 is 29.4. The van der Waals surface area contributed by atoms with Gasteiger partial charge in [0.25, 0.3) is 0 Å². The molecule has 0 aliphatic rings. The summed E-state index contributed by atoms with van der Waals surface area (Å²) in [6.07, 6.45) is 0.400. The largest absolute Gasteiger partial charge is 0.461 e. The third kappa shape index (κ3) is 5.48. The van der Waals surface area contributed by atoms with Gasteiger partial charge in [-0.25, -0.2) is 4.98 Å². The molecule has 3 aromatic rings. The SMILES string of the molecule is CCO[PH](=O)Cc1cccc(Cn2c(S)nc3c(N)nc(OCCOC)nc32)c1. The summed E-state index contributed by atoms with van der Waals surface area (Å²) in [7, 11) is -0.496. The molecule has 2 heterocycles. The first kappa shape index (κ1) is 21.6. The molecular formula is C18H24N5O4PS. The van der Waals surface area contributed by atoms with Crippen LogP contribution in [-0.2, 0) is 26.5 Å². The van der Waals surface area contributed by atoms with Gasteiger partial charge in [0.05, 0.1) is 19.8 Å². The van der Waals surface area contributed by atoms with E-state index < -0.39 is 8.03 Å². The molecule has 1 aromatic carbocycles. The fourth-order valence-electron chi connectivity index (χ4n) is 2.82. The molecule has 0 aliphatic carbocycles. The number of aromatic nitrogens is 4. The first-order valence-corrected chi connectivity index (χ1v) is 11.1. The van der Waals surface area contributed by atoms with Crippen molar-refractivity contribution in [3.05, 3.63) is 35.4 Å². The van der Waals surface area contributed by atoms with Crippen LogP contribution in [0.3, 0.4) is 0 Å². The predicted octanol–water partition coefficient (Wildman–Crippen LogP) is 2.78. The van der Waals surface area contributed by atoms with E-state index in [1.54, 1.807) is 7.11 Å². The summed E-state index contributed by atoms with van der Waals surface area (Å²) in [4.78, 5) is 12.9. The van der Waals surface area contributed by atoms with Gasteiger partial charge in [-0.15, -0.1) is 12.6 Å². The van der Waals surface area contributed by atoms with Crippen molar-refractivity contribution < 1.29 is 18.6 Å². The average Bonchev–Trinajstić information content (AvgIpc) is 2.99. The maximum absolute atomic E-state index is 11.9. The Labute approximate surface area is 174 Å². The molecule has 2 N–H and O–H groups in total. The van der Waals surface area contributed by atoms with Gasteiger partial charge in [-0.1, -0.05) is 24.3 Å². The summed E-state index contributed by atoms with van der Waals surface area (Å²) >= 11 is 4.47. The molecule has 1 atom stereocenters. The highest BCUT2D eigenvalue weighted by Gasteiger charge is 2.16. The fourth-order valence-corrected chi connectivity index (χ4v) is 4.06. The highest BCUT2D eigenvalue weighted by molar-refractivity contribution is 7.80. The molecule has 29 heavy (non-hydrogen) atoms. The molecule has 0 fully saturated rings. The van der Waals surface area contributed by atoms with E-state index in [2.05, 4.69) is 27.6 Å². The maximum Gasteiger partial charge on any atom is 0.320 e. The standard InChI is InChI=1S/C18H24N5O4PS/c1-3-27-28(24)11-13-6-4-5-12(9-13)10-23-16-14(20-18(23)29)15(19)21-17(22-16)26-8-7-25-2/h4-6,9,28H,3,7-8,10-11H2,1-2H3,(H,20,29)(H2,19,21,22). The zero-order valence-corrected chi connectivity index (χ0v) is 18.2. The second-order valence-corrected chi connectivity index (χ2v) is 7.99. The smallest absolute Gasteiger partial charge is 0.320 e. The lowest BCUT2D eigenvalue weighted by molar-refractivity contribution is 0.141. The summed E-state index contributed by atoms with van der Waals surface area (Å²) in [5.41, 5.74) is 8.96. The number of rotatable bonds is 10. The van der Waals surface area contributed by atoms with Crippen molar-refractivity contribution >= 4 is 37.6 Å². The lowest BCUT2D eigenvalue weighted by Gasteiger charge is -2.09. The molecule has 2 aromatic heterocycles. The minimum absolute atomic E-state index is 0.158. The number of imidazole rings is 1. The Bertz CT molecular complexity index is 1010. The van der Waals surface area contributed by atoms with E-state index in [4.69, 9.17) is 19.7 Å². The number of nitrogen functional groups attached to an aromatic ring is 1. The predicted molar refractivity (Wildman–Crippen MR) is 114 cm³/mol. The third-order valence-corrected chi connectivity index (χ3v) is 5.73. The number of methoxy groups -OCH3 is 1. The van der Waals surface area contributed by atoms with E-state index in [0.717, 1.165) is 11.1 Å². The van der Waals surface area contributed by atoms with Crippen LogP contribution in [0, 0.1) is 0 Å². The van der Waals surface area contributed by atoms with Crippen LogP contribution in [0.25, 0.3) is 11.2 Å². The monoisotopic (exact) mass is 437 g/mol. The minimum atomic E-state index is -2.08. The van der Waals surface area contributed by atoms with Crippen LogP contribution in [0.2, 0.25) is 0 Å². The van der Waals surface area contributed by atoms with Gasteiger partial charge in [-0.2, -0.15) is 9.97 Å². The second kappa shape index (κ2) is 10.1. The van der Waals surface area contributed by atoms with Gasteiger partial charge in [0.15, 0.2) is 30.2 Å². The number of thiol groups is 1. The van der Waals surface area contributed by atoms with Crippen molar-refractivity contribution in [3.63, 3.8) is 0 Å². The van der Waals surface area contributed by atoms with Crippen molar-refractivity contribution in [1.29, 1.82) is 0 Å². The Morgan fingerprint density at radius 3 is 2.76 bits per heavy atom. The molecule has 0 amide bonds. The van der Waals surface area contributed by atoms with Crippen molar-refractivity contribution in [3.8, 4) is 6.01 Å². The molecule has 0 saturated heterocycles. The number of hydrogen-bond donors (Lipinski definition) is 2. The van der Waals surface area contributed by atoms with Crippen LogP contribution in [0.1, 0.15) is 18.1 Å². The third-order valence-electron chi connectivity index (χ3n) is 4.09. The Morgan fingerprint density at radius 2 is 2.00 bits per heavy atom. The second-order valence-electron chi connectivity index (χ2n) is 6.20. The highest BCUT2D eigenvalue weighted by Crippen LogP contribution is 2.29. The van der Waals surface area contributed by atoms with Crippen molar-refractivity contribution in [2.45, 2.75) is 24.8 Å². The quantitative estimate of drug-likeness (QED) is 0.283. The van der Waals surface area contributed by atoms with E-state index in [0.29, 0.717) is 48.8 Å². The number of ether oxygens (including phenoxy) is 2. The Hall–Kier alpha value is -2.13. The molecule has 156 valence electrons. The lowest BCUT2D eigenvalue weighted by atomic mass is 10.1. The number of hydrogen-bond acceptors (Lipinski definition) is 9. The normalized spacial score (nSPS) is 12.4. The molecule has 3 rings (SSSR count). The maximum atomic E-state index is 11.9. The van der Waals surface area contributed by atoms with Crippen molar-refractivity contribution in [1.82, 2.24) is 19.5 Å². The number of benzene rings is 1. The van der Waals surface area contributed by atoms with Gasteiger partial charge in [-0.3, -0.25) is 9.13 Å². The van der Waals surface area contributed by atoms with Gasteiger partial charge in [-0.05, 0) is 18.1 Å². The number of nitrogens with two attached hydrogens (primary N) is 1. The number of fused-ring (bicyclic) bond motifs is 1. The first-order valence-electron chi connectivity index (χ1n) is 9.09. The molecule has 11 heteroatoms. The topological polar surface area (TPSA) is 114 Å². The highest BCUT2D eigenvalue weighted by atomic mass is 32.1. The Morgan fingerprint density at radius 1 is 1.21 bits per heavy atom. The van der Waals surface area contributed by atoms with Crippen LogP contribution in [-0.4, -0.2) is 46.4 Å². The van der Waals surface area contributed by atoms with Gasteiger partial charge < -0.3 is 19.7 Å². The molecular weight excluding hydrogens is 413 g/mol. The lowest BCUT2D eigenvalue weighted by Crippen LogP contribution is -2.09. The number of anilines is 1. The van der Waals surface area contributed by atoms with Crippen molar-refractivity contribution in [2.75, 3.05) is 32.7 Å². The molecule has 0 bridgehead atoms. The van der Waals surface area contributed by atoms with Gasteiger partial charge >= 0.3 is 6.01 Å². The summed E-state index contributed by atoms with van der Waals surface area (Å²) in [5, 5.41) is 0.461. The van der Waals surface area contributed by atoms with E-state index in [9.17, 15) is 4.57 Å². The molecule has 0 radical (unpaired) electrons. The minimum Gasteiger partial charge on any atom is -0.461 e. The zero-order chi connectivity index (χ0) is 20.8. The first-order chi connectivity index (χ1) is 14.0. The van der Waals surface area contributed by atoms with E-state index in [1.165, 1.54) is 0 Å². The average molecular weight is 437 g/mol. The summed E-state index contributed by atoms with van der Waals surface area (Å²) in [6, 6.07) is 7.97. The van der Waals surface area contributed by atoms with Crippen LogP contribution < -0.4 is 10.5 Å². The van der Waals surface area contributed by atoms with Gasteiger partial charge in [0, 0.05) is 13.3 Å². The van der Waals surface area contributed by atoms with E-state index >= 15 is 0 Å². The number of nitrogens with zero attached hydrogens (tertiary/aromatic N) is 4. The van der Waals surface area contributed by atoms with Crippen LogP contribution >= 0.6 is 20.7 Å². The van der Waals surface area contributed by atoms with Crippen LogP contribution in [0.15, 0.2) is 29.4 Å². The van der Waals surface area contributed by atoms with Crippen LogP contribution in [0.4, 0.5) is 5.82 Å². The Balaban J connectivity index is 1.87. The van der Waals surface area contributed by atoms with Gasteiger partial charge in [0.2, 0.25) is 0 Å². The zero-order valence-electron chi connectivity index (χ0n) is 16.3. The van der Waals surface area contributed by atoms with Crippen LogP contribution in [0.5, 0.6) is 6.01 Å². The van der Waals surface area contributed by atoms with Gasteiger partial charge in [0.1, 0.15) is 6.61 Å². The molecule has 0 aliphatic heterocycles.